The number of amides is 1. The number of fused-ring (bicyclic) bond motifs is 1. The van der Waals surface area contributed by atoms with Gasteiger partial charge in [-0.2, -0.15) is 4.98 Å². The van der Waals surface area contributed by atoms with E-state index in [0.717, 1.165) is 24.2 Å². The quantitative estimate of drug-likeness (QED) is 0.639. The predicted molar refractivity (Wildman–Crippen MR) is 105 cm³/mol. The van der Waals surface area contributed by atoms with Crippen molar-refractivity contribution in [1.29, 1.82) is 0 Å². The van der Waals surface area contributed by atoms with Crippen LogP contribution in [0.25, 0.3) is 5.78 Å². The minimum Gasteiger partial charge on any atom is -0.338 e. The van der Waals surface area contributed by atoms with Crippen molar-refractivity contribution in [3.05, 3.63) is 17.5 Å². The van der Waals surface area contributed by atoms with Gasteiger partial charge < -0.3 is 4.90 Å². The van der Waals surface area contributed by atoms with E-state index in [1.807, 2.05) is 19.9 Å². The smallest absolute Gasteiger partial charge is 0.253 e. The number of sulfone groups is 1. The van der Waals surface area contributed by atoms with Crippen LogP contribution in [0.4, 0.5) is 0 Å². The average molecular weight is 412 g/mol. The number of carbonyl (C=O) groups is 1. The van der Waals surface area contributed by atoms with E-state index in [0.29, 0.717) is 23.9 Å². The first kappa shape index (κ1) is 20.1. The van der Waals surface area contributed by atoms with E-state index < -0.39 is 9.84 Å². The number of hydrogen-bond donors (Lipinski definition) is 0. The maximum absolute atomic E-state index is 12.8. The highest BCUT2D eigenvalue weighted by atomic mass is 32.2. The predicted octanol–water partition coefficient (Wildman–Crippen LogP) is 1.65. The number of aryl methyl sites for hydroxylation is 2. The highest BCUT2D eigenvalue weighted by Crippen LogP contribution is 2.21. The van der Waals surface area contributed by atoms with Crippen LogP contribution in [0.5, 0.6) is 0 Å². The second kappa shape index (κ2) is 8.14. The Balaban J connectivity index is 1.69. The Morgan fingerprint density at radius 2 is 2.15 bits per heavy atom. The number of thioether (sulfide) groups is 1. The number of hydrogen-bond acceptors (Lipinski definition) is 7. The first-order valence-corrected chi connectivity index (χ1v) is 11.9. The zero-order valence-corrected chi connectivity index (χ0v) is 17.5. The Bertz CT molecular complexity index is 941. The van der Waals surface area contributed by atoms with Crippen LogP contribution in [0, 0.1) is 13.8 Å². The lowest BCUT2D eigenvalue weighted by Crippen LogP contribution is -2.42. The molecule has 2 aromatic rings. The molecule has 2 aromatic heterocycles. The summed E-state index contributed by atoms with van der Waals surface area (Å²) in [6.07, 6.45) is 2.34. The molecule has 0 aromatic carbocycles. The molecular formula is C17H25N5O3S2. The van der Waals surface area contributed by atoms with Gasteiger partial charge in [-0.15, -0.1) is 5.10 Å². The molecule has 1 atom stereocenters. The summed E-state index contributed by atoms with van der Waals surface area (Å²) in [6.45, 7) is 6.48. The molecule has 1 aliphatic rings. The number of carbonyl (C=O) groups excluding carboxylic acids is 1. The van der Waals surface area contributed by atoms with Gasteiger partial charge in [-0.05, 0) is 32.8 Å². The minimum atomic E-state index is -3.03. The van der Waals surface area contributed by atoms with Gasteiger partial charge >= 0.3 is 0 Å². The van der Waals surface area contributed by atoms with Crippen LogP contribution in [0.3, 0.4) is 0 Å². The van der Waals surface area contributed by atoms with Crippen molar-refractivity contribution in [2.75, 3.05) is 23.8 Å². The topological polar surface area (TPSA) is 97.5 Å². The average Bonchev–Trinajstić information content (AvgIpc) is 3.16. The van der Waals surface area contributed by atoms with Crippen molar-refractivity contribution in [2.24, 2.45) is 0 Å². The number of unbranched alkanes of at least 4 members (excludes halogenated alkanes) is 1. The van der Waals surface area contributed by atoms with Crippen LogP contribution in [-0.2, 0) is 14.6 Å². The summed E-state index contributed by atoms with van der Waals surface area (Å²) in [4.78, 5) is 23.3. The van der Waals surface area contributed by atoms with Gasteiger partial charge in [0.25, 0.3) is 5.78 Å². The molecule has 0 saturated carbocycles. The van der Waals surface area contributed by atoms with Crippen LogP contribution in [-0.4, -0.2) is 68.7 Å². The van der Waals surface area contributed by atoms with E-state index in [1.165, 1.54) is 11.8 Å². The minimum absolute atomic E-state index is 0.0599. The van der Waals surface area contributed by atoms with Crippen LogP contribution >= 0.6 is 11.8 Å². The highest BCUT2D eigenvalue weighted by Gasteiger charge is 2.34. The molecule has 10 heteroatoms. The van der Waals surface area contributed by atoms with Crippen molar-refractivity contribution in [3.63, 3.8) is 0 Å². The summed E-state index contributed by atoms with van der Waals surface area (Å²) in [5.74, 6) is 0.887. The Labute approximate surface area is 163 Å². The van der Waals surface area contributed by atoms with E-state index in [1.54, 1.807) is 9.42 Å². The zero-order valence-electron chi connectivity index (χ0n) is 15.9. The van der Waals surface area contributed by atoms with E-state index in [4.69, 9.17) is 0 Å². The van der Waals surface area contributed by atoms with Gasteiger partial charge in [0.1, 0.15) is 0 Å². The largest absolute Gasteiger partial charge is 0.338 e. The number of nitrogens with zero attached hydrogens (tertiary/aromatic N) is 5. The second-order valence-corrected chi connectivity index (χ2v) is 10.1. The molecule has 0 N–H and O–H groups in total. The van der Waals surface area contributed by atoms with Crippen LogP contribution < -0.4 is 0 Å². The lowest BCUT2D eigenvalue weighted by atomic mass is 10.2. The maximum atomic E-state index is 12.8. The summed E-state index contributed by atoms with van der Waals surface area (Å²) in [6, 6.07) is 1.71. The molecule has 3 rings (SSSR count). The van der Waals surface area contributed by atoms with E-state index in [9.17, 15) is 13.2 Å². The Kier molecular flexibility index (Phi) is 6.05. The van der Waals surface area contributed by atoms with Crippen molar-refractivity contribution in [3.8, 4) is 0 Å². The number of rotatable bonds is 7. The molecule has 0 bridgehead atoms. The fraction of sp³-hybridized carbons (Fsp3) is 0.647. The third-order valence-corrected chi connectivity index (χ3v) is 7.22. The fourth-order valence-corrected chi connectivity index (χ4v) is 5.71. The van der Waals surface area contributed by atoms with Gasteiger partial charge in [-0.3, -0.25) is 4.79 Å². The molecule has 0 aliphatic carbocycles. The number of aromatic nitrogens is 4. The normalized spacial score (nSPS) is 18.9. The van der Waals surface area contributed by atoms with Gasteiger partial charge in [-0.25, -0.2) is 17.9 Å². The summed E-state index contributed by atoms with van der Waals surface area (Å²) in [5, 5.41) is 4.91. The molecule has 1 amide bonds. The third-order valence-electron chi connectivity index (χ3n) is 4.65. The molecule has 1 aliphatic heterocycles. The molecule has 1 saturated heterocycles. The van der Waals surface area contributed by atoms with Gasteiger partial charge in [-0.1, -0.05) is 25.1 Å². The van der Waals surface area contributed by atoms with Crippen molar-refractivity contribution in [1.82, 2.24) is 24.5 Å². The van der Waals surface area contributed by atoms with Crippen molar-refractivity contribution < 1.29 is 13.2 Å². The second-order valence-electron chi connectivity index (χ2n) is 6.93. The van der Waals surface area contributed by atoms with Crippen molar-refractivity contribution in [2.45, 2.75) is 51.2 Å². The van der Waals surface area contributed by atoms with Gasteiger partial charge in [0.05, 0.1) is 17.3 Å². The zero-order chi connectivity index (χ0) is 19.6. The molecule has 1 fully saturated rings. The Hall–Kier alpha value is -1.68. The van der Waals surface area contributed by atoms with Crippen LogP contribution in [0.15, 0.2) is 11.2 Å². The van der Waals surface area contributed by atoms with Gasteiger partial charge in [0.2, 0.25) is 11.1 Å². The van der Waals surface area contributed by atoms with Gasteiger partial charge in [0, 0.05) is 24.0 Å². The first-order valence-electron chi connectivity index (χ1n) is 9.13. The van der Waals surface area contributed by atoms with E-state index in [-0.39, 0.29) is 29.2 Å². The molecule has 0 radical (unpaired) electrons. The molecule has 27 heavy (non-hydrogen) atoms. The van der Waals surface area contributed by atoms with Gasteiger partial charge in [0.15, 0.2) is 9.84 Å². The summed E-state index contributed by atoms with van der Waals surface area (Å²) < 4.78 is 25.3. The summed E-state index contributed by atoms with van der Waals surface area (Å²) in [5.41, 5.74) is 1.80. The Morgan fingerprint density at radius 1 is 1.37 bits per heavy atom. The monoisotopic (exact) mass is 411 g/mol. The SMILES string of the molecule is CCCCN(C(=O)CSc1nc2nc(C)cc(C)n2n1)[C@H]1CCS(=O)(=O)C1. The lowest BCUT2D eigenvalue weighted by molar-refractivity contribution is -0.130. The van der Waals surface area contributed by atoms with Crippen LogP contribution in [0.1, 0.15) is 37.6 Å². The molecule has 3 heterocycles. The summed E-state index contributed by atoms with van der Waals surface area (Å²) in [7, 11) is -3.03. The molecule has 148 valence electrons. The van der Waals surface area contributed by atoms with Crippen LogP contribution in [0.2, 0.25) is 0 Å². The lowest BCUT2D eigenvalue weighted by Gasteiger charge is -2.28. The highest BCUT2D eigenvalue weighted by molar-refractivity contribution is 7.99. The standard InChI is InChI=1S/C17H25N5O3S2/c1-4-5-7-21(14-6-8-27(24,25)11-14)15(23)10-26-17-19-16-18-12(2)9-13(3)22(16)20-17/h9,14H,4-8,10-11H2,1-3H3/t14-/m0/s1. The van der Waals surface area contributed by atoms with E-state index in [2.05, 4.69) is 22.0 Å². The molecular weight excluding hydrogens is 386 g/mol. The van der Waals surface area contributed by atoms with E-state index >= 15 is 0 Å². The summed E-state index contributed by atoms with van der Waals surface area (Å²) >= 11 is 1.27. The first-order chi connectivity index (χ1) is 12.8. The molecule has 0 unspecified atom stereocenters. The maximum Gasteiger partial charge on any atom is 0.253 e. The third kappa shape index (κ3) is 4.78. The Morgan fingerprint density at radius 3 is 2.81 bits per heavy atom. The molecule has 8 nitrogen and oxygen atoms in total. The van der Waals surface area contributed by atoms with Crippen molar-refractivity contribution >= 4 is 33.3 Å². The molecule has 0 spiro atoms. The fourth-order valence-electron chi connectivity index (χ4n) is 3.28.